The highest BCUT2D eigenvalue weighted by atomic mass is 19.1. The molecule has 0 bridgehead atoms. The minimum Gasteiger partial charge on any atom is -0.382 e. The van der Waals surface area contributed by atoms with Crippen LogP contribution in [0, 0.1) is 11.7 Å². The maximum atomic E-state index is 13.3. The van der Waals surface area contributed by atoms with Crippen molar-refractivity contribution in [2.75, 3.05) is 5.32 Å². The number of nitrogens with zero attached hydrogens (tertiary/aromatic N) is 1. The van der Waals surface area contributed by atoms with Gasteiger partial charge in [-0.15, -0.1) is 0 Å². The van der Waals surface area contributed by atoms with Gasteiger partial charge in [0, 0.05) is 30.1 Å². The van der Waals surface area contributed by atoms with Crippen molar-refractivity contribution in [2.24, 2.45) is 11.1 Å². The van der Waals surface area contributed by atoms with Crippen molar-refractivity contribution in [3.8, 4) is 0 Å². The molecule has 1 aliphatic heterocycles. The molecule has 0 saturated heterocycles. The molecule has 1 unspecified atom stereocenters. The Morgan fingerprint density at radius 3 is 2.71 bits per heavy atom. The topological polar surface area (TPSA) is 79.8 Å². The summed E-state index contributed by atoms with van der Waals surface area (Å²) in [6, 6.07) is 13.4. The number of hydrogen-bond donors (Lipinski definition) is 2. The summed E-state index contributed by atoms with van der Waals surface area (Å²) in [6.45, 7) is 0.307. The highest BCUT2D eigenvalue weighted by molar-refractivity contribution is 6.04. The lowest BCUT2D eigenvalue weighted by molar-refractivity contribution is -0.131. The predicted octanol–water partition coefficient (Wildman–Crippen LogP) is 2.98. The Balaban J connectivity index is 1.29. The maximum absolute atomic E-state index is 13.3. The minimum absolute atomic E-state index is 0.0440. The zero-order chi connectivity index (χ0) is 19.5. The molecule has 1 heterocycles. The van der Waals surface area contributed by atoms with E-state index in [0.717, 1.165) is 24.1 Å². The molecule has 1 aliphatic carbocycles. The van der Waals surface area contributed by atoms with E-state index in [-0.39, 0.29) is 30.0 Å². The van der Waals surface area contributed by atoms with Gasteiger partial charge in [0.25, 0.3) is 5.91 Å². The lowest BCUT2D eigenvalue weighted by atomic mass is 10.0. The average Bonchev–Trinajstić information content (AvgIpc) is 3.43. The zero-order valence-electron chi connectivity index (χ0n) is 15.2. The van der Waals surface area contributed by atoms with E-state index in [1.54, 1.807) is 12.1 Å². The number of carbonyl (C=O) groups is 2. The van der Waals surface area contributed by atoms with Gasteiger partial charge in [-0.1, -0.05) is 29.4 Å². The lowest BCUT2D eigenvalue weighted by Gasteiger charge is -2.11. The van der Waals surface area contributed by atoms with E-state index in [0.29, 0.717) is 17.8 Å². The molecule has 2 amide bonds. The van der Waals surface area contributed by atoms with Crippen molar-refractivity contribution in [1.29, 1.82) is 0 Å². The number of rotatable bonds is 6. The molecule has 28 heavy (non-hydrogen) atoms. The smallest absolute Gasteiger partial charge is 0.264 e. The SMILES string of the molecule is O=C(Nc1cccc(CNC(=O)C2CC(c3cccc(F)c3)=NO2)c1)C1CC1. The summed E-state index contributed by atoms with van der Waals surface area (Å²) in [7, 11) is 0. The normalized spacial score (nSPS) is 18.2. The highest BCUT2D eigenvalue weighted by Crippen LogP contribution is 2.30. The van der Waals surface area contributed by atoms with Gasteiger partial charge in [0.15, 0.2) is 0 Å². The number of anilines is 1. The van der Waals surface area contributed by atoms with E-state index in [1.807, 2.05) is 24.3 Å². The average molecular weight is 381 g/mol. The number of halogens is 1. The van der Waals surface area contributed by atoms with Crippen LogP contribution in [0.1, 0.15) is 30.4 Å². The van der Waals surface area contributed by atoms with Crippen molar-refractivity contribution in [3.05, 3.63) is 65.5 Å². The quantitative estimate of drug-likeness (QED) is 0.807. The van der Waals surface area contributed by atoms with Gasteiger partial charge in [-0.2, -0.15) is 0 Å². The predicted molar refractivity (Wildman–Crippen MR) is 102 cm³/mol. The molecule has 1 saturated carbocycles. The monoisotopic (exact) mass is 381 g/mol. The van der Waals surface area contributed by atoms with Crippen LogP contribution >= 0.6 is 0 Å². The standard InChI is InChI=1S/C21H20FN3O3/c22-16-5-2-4-15(10-16)18-11-19(28-25-18)21(27)23-12-13-3-1-6-17(9-13)24-20(26)14-7-8-14/h1-6,9-10,14,19H,7-8,11-12H2,(H,23,27)(H,24,26). The van der Waals surface area contributed by atoms with Crippen molar-refractivity contribution >= 4 is 23.2 Å². The van der Waals surface area contributed by atoms with E-state index in [4.69, 9.17) is 4.84 Å². The third kappa shape index (κ3) is 4.36. The Morgan fingerprint density at radius 2 is 1.93 bits per heavy atom. The summed E-state index contributed by atoms with van der Waals surface area (Å²) >= 11 is 0. The molecular weight excluding hydrogens is 361 g/mol. The molecule has 2 N–H and O–H groups in total. The molecule has 6 nitrogen and oxygen atoms in total. The Bertz CT molecular complexity index is 940. The van der Waals surface area contributed by atoms with E-state index in [2.05, 4.69) is 15.8 Å². The summed E-state index contributed by atoms with van der Waals surface area (Å²) in [5.74, 6) is -0.470. The first-order valence-corrected chi connectivity index (χ1v) is 9.24. The lowest BCUT2D eigenvalue weighted by Crippen LogP contribution is -2.34. The minimum atomic E-state index is -0.740. The number of amides is 2. The van der Waals surface area contributed by atoms with Gasteiger partial charge in [0.05, 0.1) is 5.71 Å². The van der Waals surface area contributed by atoms with Crippen LogP contribution in [0.2, 0.25) is 0 Å². The Hall–Kier alpha value is -3.22. The second kappa shape index (κ2) is 7.80. The van der Waals surface area contributed by atoms with Gasteiger partial charge >= 0.3 is 0 Å². The second-order valence-electron chi connectivity index (χ2n) is 7.03. The summed E-state index contributed by atoms with van der Waals surface area (Å²) < 4.78 is 13.3. The Kier molecular flexibility index (Phi) is 5.06. The third-order valence-corrected chi connectivity index (χ3v) is 4.73. The molecule has 1 atom stereocenters. The molecule has 1 fully saturated rings. The second-order valence-corrected chi connectivity index (χ2v) is 7.03. The van der Waals surface area contributed by atoms with Crippen molar-refractivity contribution in [3.63, 3.8) is 0 Å². The Labute approximate surface area is 161 Å². The van der Waals surface area contributed by atoms with E-state index < -0.39 is 6.10 Å². The first kappa shape index (κ1) is 18.2. The fourth-order valence-corrected chi connectivity index (χ4v) is 3.01. The number of oxime groups is 1. The van der Waals surface area contributed by atoms with Crippen molar-refractivity contribution in [1.82, 2.24) is 5.32 Å². The van der Waals surface area contributed by atoms with Crippen LogP contribution in [0.25, 0.3) is 0 Å². The molecule has 2 aliphatic rings. The van der Waals surface area contributed by atoms with Crippen molar-refractivity contribution in [2.45, 2.75) is 31.9 Å². The number of hydrogen-bond acceptors (Lipinski definition) is 4. The van der Waals surface area contributed by atoms with E-state index >= 15 is 0 Å². The highest BCUT2D eigenvalue weighted by Gasteiger charge is 2.30. The number of benzene rings is 2. The van der Waals surface area contributed by atoms with Gasteiger partial charge in [-0.05, 0) is 42.7 Å². The number of carbonyl (C=O) groups excluding carboxylic acids is 2. The van der Waals surface area contributed by atoms with Gasteiger partial charge in [0.2, 0.25) is 12.0 Å². The molecule has 0 spiro atoms. The van der Waals surface area contributed by atoms with Gasteiger partial charge < -0.3 is 15.5 Å². The largest absolute Gasteiger partial charge is 0.382 e. The summed E-state index contributed by atoms with van der Waals surface area (Å²) in [4.78, 5) is 29.4. The van der Waals surface area contributed by atoms with Gasteiger partial charge in [-0.3, -0.25) is 9.59 Å². The van der Waals surface area contributed by atoms with Crippen LogP contribution in [0.15, 0.2) is 53.7 Å². The molecule has 0 aromatic heterocycles. The van der Waals surface area contributed by atoms with Crippen LogP contribution < -0.4 is 10.6 Å². The zero-order valence-corrected chi connectivity index (χ0v) is 15.2. The fourth-order valence-electron chi connectivity index (χ4n) is 3.01. The van der Waals surface area contributed by atoms with Crippen LogP contribution in [0.4, 0.5) is 10.1 Å². The summed E-state index contributed by atoms with van der Waals surface area (Å²) in [5, 5.41) is 9.62. The fraction of sp³-hybridized carbons (Fsp3) is 0.286. The molecule has 7 heteroatoms. The van der Waals surface area contributed by atoms with Gasteiger partial charge in [-0.25, -0.2) is 4.39 Å². The van der Waals surface area contributed by atoms with Gasteiger partial charge in [0.1, 0.15) is 5.82 Å². The van der Waals surface area contributed by atoms with Crippen LogP contribution in [0.5, 0.6) is 0 Å². The summed E-state index contributed by atoms with van der Waals surface area (Å²) in [6.07, 6.45) is 1.44. The van der Waals surface area contributed by atoms with E-state index in [1.165, 1.54) is 12.1 Å². The first-order valence-electron chi connectivity index (χ1n) is 9.24. The molecule has 2 aromatic carbocycles. The number of nitrogens with one attached hydrogen (secondary N) is 2. The van der Waals surface area contributed by atoms with Crippen molar-refractivity contribution < 1.29 is 18.8 Å². The molecule has 2 aromatic rings. The summed E-state index contributed by atoms with van der Waals surface area (Å²) in [5.41, 5.74) is 2.74. The third-order valence-electron chi connectivity index (χ3n) is 4.73. The van der Waals surface area contributed by atoms with Crippen LogP contribution in [-0.2, 0) is 21.0 Å². The molecule has 0 radical (unpaired) electrons. The van der Waals surface area contributed by atoms with Crippen LogP contribution in [-0.4, -0.2) is 23.6 Å². The van der Waals surface area contributed by atoms with Crippen LogP contribution in [0.3, 0.4) is 0 Å². The van der Waals surface area contributed by atoms with E-state index in [9.17, 15) is 14.0 Å². The molecule has 144 valence electrons. The molecule has 4 rings (SSSR count). The molecular formula is C21H20FN3O3. The first-order chi connectivity index (χ1) is 13.6. The Morgan fingerprint density at radius 1 is 1.11 bits per heavy atom. The maximum Gasteiger partial charge on any atom is 0.264 e.